The van der Waals surface area contributed by atoms with Crippen molar-refractivity contribution in [2.45, 2.75) is 51.6 Å². The van der Waals surface area contributed by atoms with Crippen molar-refractivity contribution in [3.63, 3.8) is 0 Å². The zero-order valence-electron chi connectivity index (χ0n) is 12.1. The predicted octanol–water partition coefficient (Wildman–Crippen LogP) is 3.61. The molecule has 20 heavy (non-hydrogen) atoms. The summed E-state index contributed by atoms with van der Waals surface area (Å²) < 4.78 is 13.7. The smallest absolute Gasteiger partial charge is 0.124 e. The molecule has 1 heterocycles. The van der Waals surface area contributed by atoms with Gasteiger partial charge in [-0.05, 0) is 49.6 Å². The molecule has 1 fully saturated rings. The third kappa shape index (κ3) is 4.00. The molecule has 1 aliphatic heterocycles. The average molecular weight is 294 g/mol. The van der Waals surface area contributed by atoms with E-state index in [1.165, 1.54) is 38.2 Å². The molecule has 1 aromatic rings. The van der Waals surface area contributed by atoms with Gasteiger partial charge in [-0.2, -0.15) is 0 Å². The number of benzene rings is 1. The van der Waals surface area contributed by atoms with Crippen LogP contribution in [0.25, 0.3) is 0 Å². The maximum Gasteiger partial charge on any atom is 0.124 e. The Balaban J connectivity index is 2.13. The van der Waals surface area contributed by atoms with Crippen molar-refractivity contribution in [3.05, 3.63) is 35.1 Å². The van der Waals surface area contributed by atoms with E-state index in [0.29, 0.717) is 11.6 Å². The van der Waals surface area contributed by atoms with Crippen molar-refractivity contribution >= 4 is 17.2 Å². The first kappa shape index (κ1) is 15.4. The van der Waals surface area contributed by atoms with Crippen LogP contribution in [-0.4, -0.2) is 22.5 Å². The fourth-order valence-electron chi connectivity index (χ4n) is 3.05. The second-order valence-corrected chi connectivity index (χ2v) is 6.06. The van der Waals surface area contributed by atoms with Gasteiger partial charge in [0.1, 0.15) is 10.8 Å². The molecule has 2 nitrogen and oxygen atoms in total. The van der Waals surface area contributed by atoms with Crippen LogP contribution in [0.5, 0.6) is 0 Å². The van der Waals surface area contributed by atoms with Crippen LogP contribution < -0.4 is 5.73 Å². The molecular formula is C16H23FN2S. The minimum absolute atomic E-state index is 0.255. The summed E-state index contributed by atoms with van der Waals surface area (Å²) in [6.45, 7) is 4.11. The molecule has 1 atom stereocenters. The van der Waals surface area contributed by atoms with Gasteiger partial charge in [0.05, 0.1) is 0 Å². The van der Waals surface area contributed by atoms with Crippen molar-refractivity contribution in [1.29, 1.82) is 0 Å². The van der Waals surface area contributed by atoms with E-state index < -0.39 is 0 Å². The SMILES string of the molecule is CCCC1CCCCN1Cc1cc(F)cc(C(N)=S)c1. The highest BCUT2D eigenvalue weighted by Crippen LogP contribution is 2.23. The highest BCUT2D eigenvalue weighted by molar-refractivity contribution is 7.80. The van der Waals surface area contributed by atoms with Crippen LogP contribution >= 0.6 is 12.2 Å². The summed E-state index contributed by atoms with van der Waals surface area (Å²) in [6, 6.07) is 5.55. The molecule has 0 aromatic heterocycles. The number of nitrogens with zero attached hydrogens (tertiary/aromatic N) is 1. The number of nitrogens with two attached hydrogens (primary N) is 1. The van der Waals surface area contributed by atoms with Gasteiger partial charge in [-0.1, -0.05) is 32.0 Å². The summed E-state index contributed by atoms with van der Waals surface area (Å²) >= 11 is 4.95. The van der Waals surface area contributed by atoms with Crippen molar-refractivity contribution in [1.82, 2.24) is 4.90 Å². The summed E-state index contributed by atoms with van der Waals surface area (Å²) in [5.74, 6) is -0.255. The third-order valence-corrected chi connectivity index (χ3v) is 4.23. The van der Waals surface area contributed by atoms with E-state index in [1.807, 2.05) is 6.07 Å². The molecule has 1 unspecified atom stereocenters. The van der Waals surface area contributed by atoms with E-state index in [0.717, 1.165) is 18.7 Å². The van der Waals surface area contributed by atoms with E-state index >= 15 is 0 Å². The van der Waals surface area contributed by atoms with Gasteiger partial charge in [-0.25, -0.2) is 4.39 Å². The van der Waals surface area contributed by atoms with Crippen LogP contribution in [0.4, 0.5) is 4.39 Å². The van der Waals surface area contributed by atoms with Crippen LogP contribution in [-0.2, 0) is 6.54 Å². The third-order valence-electron chi connectivity index (χ3n) is 4.00. The normalized spacial score (nSPS) is 20.0. The molecule has 0 radical (unpaired) electrons. The minimum atomic E-state index is -0.255. The number of hydrogen-bond donors (Lipinski definition) is 1. The fourth-order valence-corrected chi connectivity index (χ4v) is 3.16. The molecule has 0 amide bonds. The van der Waals surface area contributed by atoms with Crippen molar-refractivity contribution < 1.29 is 4.39 Å². The average Bonchev–Trinajstić information content (AvgIpc) is 2.40. The first-order valence-electron chi connectivity index (χ1n) is 7.43. The van der Waals surface area contributed by atoms with Crippen LogP contribution in [0.15, 0.2) is 18.2 Å². The Kier molecular flexibility index (Phi) is 5.49. The van der Waals surface area contributed by atoms with Crippen LogP contribution in [0, 0.1) is 5.82 Å². The van der Waals surface area contributed by atoms with Crippen LogP contribution in [0.2, 0.25) is 0 Å². The van der Waals surface area contributed by atoms with Gasteiger partial charge >= 0.3 is 0 Å². The van der Waals surface area contributed by atoms with Gasteiger partial charge in [0.15, 0.2) is 0 Å². The van der Waals surface area contributed by atoms with E-state index in [2.05, 4.69) is 11.8 Å². The zero-order valence-corrected chi connectivity index (χ0v) is 12.9. The van der Waals surface area contributed by atoms with Gasteiger partial charge in [0, 0.05) is 18.2 Å². The lowest BCUT2D eigenvalue weighted by molar-refractivity contribution is 0.131. The van der Waals surface area contributed by atoms with Crippen LogP contribution in [0.3, 0.4) is 0 Å². The van der Waals surface area contributed by atoms with Gasteiger partial charge in [-0.3, -0.25) is 4.90 Å². The molecule has 2 N–H and O–H groups in total. The Bertz CT molecular complexity index is 474. The molecular weight excluding hydrogens is 271 g/mol. The lowest BCUT2D eigenvalue weighted by Gasteiger charge is -2.35. The largest absolute Gasteiger partial charge is 0.389 e. The predicted molar refractivity (Wildman–Crippen MR) is 85.2 cm³/mol. The first-order valence-corrected chi connectivity index (χ1v) is 7.84. The summed E-state index contributed by atoms with van der Waals surface area (Å²) in [6.07, 6.45) is 6.21. The highest BCUT2D eigenvalue weighted by Gasteiger charge is 2.21. The van der Waals surface area contributed by atoms with E-state index in [1.54, 1.807) is 6.07 Å². The molecule has 0 bridgehead atoms. The lowest BCUT2D eigenvalue weighted by atomic mass is 9.97. The van der Waals surface area contributed by atoms with Crippen molar-refractivity contribution in [3.8, 4) is 0 Å². The fraction of sp³-hybridized carbons (Fsp3) is 0.562. The maximum absolute atomic E-state index is 13.7. The van der Waals surface area contributed by atoms with E-state index in [4.69, 9.17) is 18.0 Å². The first-order chi connectivity index (χ1) is 9.60. The quantitative estimate of drug-likeness (QED) is 0.841. The molecule has 1 saturated heterocycles. The van der Waals surface area contributed by atoms with Crippen LogP contribution in [0.1, 0.15) is 50.2 Å². The number of thiocarbonyl (C=S) groups is 1. The number of hydrogen-bond acceptors (Lipinski definition) is 2. The number of rotatable bonds is 5. The number of piperidine rings is 1. The summed E-state index contributed by atoms with van der Waals surface area (Å²) in [7, 11) is 0. The van der Waals surface area contributed by atoms with E-state index in [9.17, 15) is 4.39 Å². The molecule has 4 heteroatoms. The molecule has 0 spiro atoms. The van der Waals surface area contributed by atoms with Gasteiger partial charge in [0.2, 0.25) is 0 Å². The number of halogens is 1. The van der Waals surface area contributed by atoms with Crippen molar-refractivity contribution in [2.24, 2.45) is 5.73 Å². The Labute approximate surface area is 126 Å². The van der Waals surface area contributed by atoms with Gasteiger partial charge in [0.25, 0.3) is 0 Å². The Morgan fingerprint density at radius 2 is 2.20 bits per heavy atom. The van der Waals surface area contributed by atoms with E-state index in [-0.39, 0.29) is 10.8 Å². The minimum Gasteiger partial charge on any atom is -0.389 e. The monoisotopic (exact) mass is 294 g/mol. The Hall–Kier alpha value is -1.00. The summed E-state index contributed by atoms with van der Waals surface area (Å²) in [5.41, 5.74) is 7.20. The Morgan fingerprint density at radius 3 is 2.90 bits per heavy atom. The number of likely N-dealkylation sites (tertiary alicyclic amines) is 1. The molecule has 110 valence electrons. The second-order valence-electron chi connectivity index (χ2n) is 5.62. The molecule has 0 aliphatic carbocycles. The van der Waals surface area contributed by atoms with Crippen molar-refractivity contribution in [2.75, 3.05) is 6.54 Å². The van der Waals surface area contributed by atoms with Gasteiger partial charge < -0.3 is 5.73 Å². The lowest BCUT2D eigenvalue weighted by Crippen LogP contribution is -2.38. The molecule has 2 rings (SSSR count). The summed E-state index contributed by atoms with van der Waals surface area (Å²) in [5, 5.41) is 0. The van der Waals surface area contributed by atoms with Gasteiger partial charge in [-0.15, -0.1) is 0 Å². The molecule has 1 aromatic carbocycles. The Morgan fingerprint density at radius 1 is 1.40 bits per heavy atom. The maximum atomic E-state index is 13.7. The standard InChI is InChI=1S/C16H23FN2S/c1-2-5-15-6-3-4-7-19(15)11-12-8-13(16(18)20)10-14(17)9-12/h8-10,15H,2-7,11H2,1H3,(H2,18,20). The topological polar surface area (TPSA) is 29.3 Å². The zero-order chi connectivity index (χ0) is 14.5. The summed E-state index contributed by atoms with van der Waals surface area (Å²) in [4.78, 5) is 2.74. The highest BCUT2D eigenvalue weighted by atomic mass is 32.1. The molecule has 1 aliphatic rings. The molecule has 0 saturated carbocycles. The second kappa shape index (κ2) is 7.14.